The molecule has 2 aliphatic rings. The van der Waals surface area contributed by atoms with Crippen molar-refractivity contribution in [2.45, 2.75) is 44.9 Å². The van der Waals surface area contributed by atoms with E-state index in [-0.39, 0.29) is 12.5 Å². The summed E-state index contributed by atoms with van der Waals surface area (Å²) in [5.74, 6) is -0.263. The molecule has 1 N–H and O–H groups in total. The van der Waals surface area contributed by atoms with Crippen LogP contribution in [0, 0.1) is 5.92 Å². The molecule has 0 aromatic rings. The first kappa shape index (κ1) is 15.3. The molecule has 1 saturated heterocycles. The van der Waals surface area contributed by atoms with Crippen LogP contribution in [0.4, 0.5) is 0 Å². The van der Waals surface area contributed by atoms with E-state index in [1.165, 1.54) is 25.7 Å². The summed E-state index contributed by atoms with van der Waals surface area (Å²) in [5, 5.41) is 8.85. The molecule has 1 saturated carbocycles. The van der Waals surface area contributed by atoms with Crippen LogP contribution in [0.2, 0.25) is 0 Å². The van der Waals surface area contributed by atoms with Gasteiger partial charge < -0.3 is 10.0 Å². The first-order valence-electron chi connectivity index (χ1n) is 7.90. The van der Waals surface area contributed by atoms with Crippen LogP contribution in [0.25, 0.3) is 0 Å². The van der Waals surface area contributed by atoms with Gasteiger partial charge in [-0.25, -0.2) is 0 Å². The molecule has 0 bridgehead atoms. The Bertz CT molecular complexity index is 338. The highest BCUT2D eigenvalue weighted by molar-refractivity contribution is 5.79. The number of aliphatic carboxylic acids is 1. The van der Waals surface area contributed by atoms with Gasteiger partial charge in [0.15, 0.2) is 0 Å². The second-order valence-electron chi connectivity index (χ2n) is 6.04. The number of carbonyl (C=O) groups is 2. The first-order valence-corrected chi connectivity index (χ1v) is 7.90. The summed E-state index contributed by atoms with van der Waals surface area (Å²) in [4.78, 5) is 27.2. The lowest BCUT2D eigenvalue weighted by atomic mass is 9.98. The molecule has 5 nitrogen and oxygen atoms in total. The van der Waals surface area contributed by atoms with E-state index in [4.69, 9.17) is 5.11 Å². The van der Waals surface area contributed by atoms with E-state index >= 15 is 0 Å². The second-order valence-corrected chi connectivity index (χ2v) is 6.04. The van der Waals surface area contributed by atoms with Crippen LogP contribution in [0.1, 0.15) is 44.9 Å². The minimum absolute atomic E-state index is 0.0887. The van der Waals surface area contributed by atoms with E-state index in [0.717, 1.165) is 32.4 Å². The SMILES string of the molecule is O=C(O)CN1CCCN(C(=O)C2CCCCCC2)CC1. The van der Waals surface area contributed by atoms with Crippen molar-refractivity contribution in [1.29, 1.82) is 0 Å². The van der Waals surface area contributed by atoms with E-state index in [9.17, 15) is 9.59 Å². The summed E-state index contributed by atoms with van der Waals surface area (Å²) < 4.78 is 0. The molecule has 0 radical (unpaired) electrons. The number of carboxylic acid groups (broad SMARTS) is 1. The van der Waals surface area contributed by atoms with Crippen LogP contribution in [0.5, 0.6) is 0 Å². The fourth-order valence-corrected chi connectivity index (χ4v) is 3.33. The zero-order valence-electron chi connectivity index (χ0n) is 12.2. The lowest BCUT2D eigenvalue weighted by Gasteiger charge is -2.25. The smallest absolute Gasteiger partial charge is 0.317 e. The van der Waals surface area contributed by atoms with Crippen molar-refractivity contribution in [2.75, 3.05) is 32.7 Å². The zero-order valence-corrected chi connectivity index (χ0v) is 12.2. The van der Waals surface area contributed by atoms with Crippen LogP contribution < -0.4 is 0 Å². The maximum Gasteiger partial charge on any atom is 0.317 e. The van der Waals surface area contributed by atoms with Crippen LogP contribution in [0.15, 0.2) is 0 Å². The Hall–Kier alpha value is -1.10. The number of nitrogens with zero attached hydrogens (tertiary/aromatic N) is 2. The van der Waals surface area contributed by atoms with Gasteiger partial charge in [-0.15, -0.1) is 0 Å². The summed E-state index contributed by atoms with van der Waals surface area (Å²) in [6.45, 7) is 3.02. The molecular formula is C15H26N2O3. The molecule has 1 amide bonds. The van der Waals surface area contributed by atoms with Gasteiger partial charge in [0.25, 0.3) is 0 Å². The molecule has 0 aromatic heterocycles. The molecule has 1 aliphatic heterocycles. The fourth-order valence-electron chi connectivity index (χ4n) is 3.33. The van der Waals surface area contributed by atoms with E-state index in [1.807, 2.05) is 9.80 Å². The van der Waals surface area contributed by atoms with E-state index < -0.39 is 5.97 Å². The predicted octanol–water partition coefficient (Wildman–Crippen LogP) is 1.58. The number of amides is 1. The molecular weight excluding hydrogens is 256 g/mol. The molecule has 114 valence electrons. The largest absolute Gasteiger partial charge is 0.480 e. The van der Waals surface area contributed by atoms with Crippen molar-refractivity contribution >= 4 is 11.9 Å². The fraction of sp³-hybridized carbons (Fsp3) is 0.867. The lowest BCUT2D eigenvalue weighted by Crippen LogP contribution is -2.39. The van der Waals surface area contributed by atoms with Gasteiger partial charge in [-0.3, -0.25) is 14.5 Å². The highest BCUT2D eigenvalue weighted by Gasteiger charge is 2.26. The standard InChI is InChI=1S/C15H26N2O3/c18-14(19)12-16-8-5-9-17(11-10-16)15(20)13-6-3-1-2-4-7-13/h13H,1-12H2,(H,18,19). The van der Waals surface area contributed by atoms with Crippen molar-refractivity contribution in [2.24, 2.45) is 5.92 Å². The lowest BCUT2D eigenvalue weighted by molar-refractivity contribution is -0.138. The summed E-state index contributed by atoms with van der Waals surface area (Å²) in [7, 11) is 0. The summed E-state index contributed by atoms with van der Waals surface area (Å²) in [6.07, 6.45) is 7.82. The van der Waals surface area contributed by atoms with Crippen molar-refractivity contribution in [3.8, 4) is 0 Å². The first-order chi connectivity index (χ1) is 9.66. The molecule has 2 rings (SSSR count). The molecule has 20 heavy (non-hydrogen) atoms. The number of carboxylic acids is 1. The van der Waals surface area contributed by atoms with E-state index in [0.29, 0.717) is 19.0 Å². The van der Waals surface area contributed by atoms with E-state index in [2.05, 4.69) is 0 Å². The highest BCUT2D eigenvalue weighted by atomic mass is 16.4. The second kappa shape index (κ2) is 7.62. The minimum Gasteiger partial charge on any atom is -0.480 e. The van der Waals surface area contributed by atoms with Gasteiger partial charge in [0.2, 0.25) is 5.91 Å². The predicted molar refractivity (Wildman–Crippen MR) is 76.5 cm³/mol. The number of hydrogen-bond acceptors (Lipinski definition) is 3. The maximum atomic E-state index is 12.6. The third kappa shape index (κ3) is 4.47. The van der Waals surface area contributed by atoms with Gasteiger partial charge in [-0.2, -0.15) is 0 Å². The van der Waals surface area contributed by atoms with E-state index in [1.54, 1.807) is 0 Å². The molecule has 2 fully saturated rings. The van der Waals surface area contributed by atoms with Crippen molar-refractivity contribution in [3.63, 3.8) is 0 Å². The van der Waals surface area contributed by atoms with Crippen molar-refractivity contribution in [3.05, 3.63) is 0 Å². The summed E-state index contributed by atoms with van der Waals surface area (Å²) >= 11 is 0. The van der Waals surface area contributed by atoms with Gasteiger partial charge in [0, 0.05) is 32.1 Å². The average molecular weight is 282 g/mol. The van der Waals surface area contributed by atoms with Gasteiger partial charge in [0.05, 0.1) is 6.54 Å². The Balaban J connectivity index is 1.85. The molecule has 5 heteroatoms. The van der Waals surface area contributed by atoms with Crippen LogP contribution in [-0.2, 0) is 9.59 Å². The Morgan fingerprint density at radius 3 is 2.25 bits per heavy atom. The summed E-state index contributed by atoms with van der Waals surface area (Å²) in [6, 6.07) is 0. The zero-order chi connectivity index (χ0) is 14.4. The highest BCUT2D eigenvalue weighted by Crippen LogP contribution is 2.25. The number of rotatable bonds is 3. The van der Waals surface area contributed by atoms with Crippen LogP contribution in [-0.4, -0.2) is 59.5 Å². The Kier molecular flexibility index (Phi) is 5.83. The third-order valence-electron chi connectivity index (χ3n) is 4.46. The van der Waals surface area contributed by atoms with Crippen molar-refractivity contribution < 1.29 is 14.7 Å². The molecule has 1 heterocycles. The normalized spacial score (nSPS) is 23.1. The maximum absolute atomic E-state index is 12.6. The van der Waals surface area contributed by atoms with Crippen molar-refractivity contribution in [1.82, 2.24) is 9.80 Å². The van der Waals surface area contributed by atoms with Gasteiger partial charge in [-0.1, -0.05) is 25.7 Å². The number of carbonyl (C=O) groups excluding carboxylic acids is 1. The topological polar surface area (TPSA) is 60.9 Å². The quantitative estimate of drug-likeness (QED) is 0.798. The monoisotopic (exact) mass is 282 g/mol. The average Bonchev–Trinajstić information content (AvgIpc) is 2.80. The Labute approximate surface area is 120 Å². The molecule has 1 aliphatic carbocycles. The Morgan fingerprint density at radius 2 is 1.60 bits per heavy atom. The molecule has 0 spiro atoms. The molecule has 0 unspecified atom stereocenters. The number of hydrogen-bond donors (Lipinski definition) is 1. The van der Waals surface area contributed by atoms with Gasteiger partial charge in [0.1, 0.15) is 0 Å². The van der Waals surface area contributed by atoms with Gasteiger partial charge >= 0.3 is 5.97 Å². The van der Waals surface area contributed by atoms with Crippen LogP contribution >= 0.6 is 0 Å². The van der Waals surface area contributed by atoms with Gasteiger partial charge in [-0.05, 0) is 19.3 Å². The third-order valence-corrected chi connectivity index (χ3v) is 4.46. The summed E-state index contributed by atoms with van der Waals surface area (Å²) in [5.41, 5.74) is 0. The van der Waals surface area contributed by atoms with Crippen LogP contribution in [0.3, 0.4) is 0 Å². The molecule has 0 aromatic carbocycles. The Morgan fingerprint density at radius 1 is 0.900 bits per heavy atom. The molecule has 0 atom stereocenters. The minimum atomic E-state index is -0.784.